The van der Waals surface area contributed by atoms with Gasteiger partial charge in [-0.3, -0.25) is 4.79 Å². The monoisotopic (exact) mass is 364 g/mol. The summed E-state index contributed by atoms with van der Waals surface area (Å²) >= 11 is 9.22. The molecule has 0 spiro atoms. The van der Waals surface area contributed by atoms with Crippen LogP contribution in [0.5, 0.6) is 0 Å². The van der Waals surface area contributed by atoms with Crippen molar-refractivity contribution >= 4 is 50.2 Å². The molecule has 1 N–H and O–H groups in total. The average molecular weight is 366 g/mol. The van der Waals surface area contributed by atoms with Crippen LogP contribution in [0.2, 0.25) is 5.02 Å². The largest absolute Gasteiger partial charge is 0.441 e. The van der Waals surface area contributed by atoms with E-state index in [1.165, 1.54) is 0 Å². The lowest BCUT2D eigenvalue weighted by Gasteiger charge is -2.06. The molecule has 0 saturated heterocycles. The van der Waals surface area contributed by atoms with E-state index < -0.39 is 0 Å². The molecule has 0 radical (unpaired) electrons. The number of hydrogen-bond donors (Lipinski definition) is 1. The third kappa shape index (κ3) is 2.94. The smallest absolute Gasteiger partial charge is 0.255 e. The number of aryl methyl sites for hydroxylation is 1. The minimum absolute atomic E-state index is 0.216. The zero-order valence-electron chi connectivity index (χ0n) is 11.0. The van der Waals surface area contributed by atoms with Gasteiger partial charge < -0.3 is 9.73 Å². The standard InChI is InChI=1S/C15H10BrClN2O2/c1-8-18-13-7-10(3-5-14(13)21-8)19-15(20)9-2-4-12(17)11(16)6-9/h2-7H,1H3,(H,19,20). The molecule has 1 amide bonds. The number of oxazole rings is 1. The maximum Gasteiger partial charge on any atom is 0.255 e. The van der Waals surface area contributed by atoms with Crippen LogP contribution in [0.1, 0.15) is 16.2 Å². The van der Waals surface area contributed by atoms with Gasteiger partial charge in [0.2, 0.25) is 0 Å². The molecule has 3 rings (SSSR count). The Hall–Kier alpha value is -1.85. The first-order chi connectivity index (χ1) is 10.0. The molecule has 2 aromatic carbocycles. The van der Waals surface area contributed by atoms with Gasteiger partial charge in [0, 0.05) is 22.6 Å². The molecule has 0 unspecified atom stereocenters. The van der Waals surface area contributed by atoms with Crippen LogP contribution >= 0.6 is 27.5 Å². The number of hydrogen-bond acceptors (Lipinski definition) is 3. The van der Waals surface area contributed by atoms with Gasteiger partial charge in [-0.1, -0.05) is 11.6 Å². The van der Waals surface area contributed by atoms with Gasteiger partial charge in [0.15, 0.2) is 11.5 Å². The van der Waals surface area contributed by atoms with Crippen molar-refractivity contribution in [1.29, 1.82) is 0 Å². The summed E-state index contributed by atoms with van der Waals surface area (Å²) in [6.07, 6.45) is 0. The van der Waals surface area contributed by atoms with Gasteiger partial charge >= 0.3 is 0 Å². The van der Waals surface area contributed by atoms with E-state index in [0.29, 0.717) is 37.7 Å². The van der Waals surface area contributed by atoms with Crippen LogP contribution in [-0.4, -0.2) is 10.9 Å². The molecule has 1 aromatic heterocycles. The van der Waals surface area contributed by atoms with Crippen LogP contribution in [0, 0.1) is 6.92 Å². The molecule has 0 aliphatic rings. The lowest BCUT2D eigenvalue weighted by Crippen LogP contribution is -2.11. The van der Waals surface area contributed by atoms with E-state index in [9.17, 15) is 4.79 Å². The summed E-state index contributed by atoms with van der Waals surface area (Å²) in [4.78, 5) is 16.4. The molecule has 0 bridgehead atoms. The third-order valence-electron chi connectivity index (χ3n) is 2.93. The fourth-order valence-corrected chi connectivity index (χ4v) is 2.46. The minimum atomic E-state index is -0.216. The van der Waals surface area contributed by atoms with Crippen molar-refractivity contribution in [3.8, 4) is 0 Å². The number of fused-ring (bicyclic) bond motifs is 1. The van der Waals surface area contributed by atoms with Crippen molar-refractivity contribution in [3.63, 3.8) is 0 Å². The number of amides is 1. The highest BCUT2D eigenvalue weighted by Gasteiger charge is 2.10. The number of halogens is 2. The molecule has 0 saturated carbocycles. The number of nitrogens with zero attached hydrogens (tertiary/aromatic N) is 1. The SMILES string of the molecule is Cc1nc2cc(NC(=O)c3ccc(Cl)c(Br)c3)ccc2o1. The number of carbonyl (C=O) groups is 1. The topological polar surface area (TPSA) is 55.1 Å². The Morgan fingerprint density at radius 3 is 2.86 bits per heavy atom. The van der Waals surface area contributed by atoms with Crippen molar-refractivity contribution < 1.29 is 9.21 Å². The highest BCUT2D eigenvalue weighted by atomic mass is 79.9. The van der Waals surface area contributed by atoms with Crippen molar-refractivity contribution in [2.24, 2.45) is 0 Å². The summed E-state index contributed by atoms with van der Waals surface area (Å²) in [6, 6.07) is 10.3. The molecule has 1 heterocycles. The first-order valence-corrected chi connectivity index (χ1v) is 7.33. The van der Waals surface area contributed by atoms with Crippen molar-refractivity contribution in [3.05, 3.63) is 57.3 Å². The van der Waals surface area contributed by atoms with Crippen LogP contribution in [0.15, 0.2) is 45.3 Å². The molecule has 0 fully saturated rings. The predicted octanol–water partition coefficient (Wildman–Crippen LogP) is 4.80. The summed E-state index contributed by atoms with van der Waals surface area (Å²) in [6.45, 7) is 1.78. The maximum absolute atomic E-state index is 12.2. The lowest BCUT2D eigenvalue weighted by atomic mass is 10.2. The van der Waals surface area contributed by atoms with Crippen LogP contribution in [0.25, 0.3) is 11.1 Å². The highest BCUT2D eigenvalue weighted by molar-refractivity contribution is 9.10. The molecule has 3 aromatic rings. The molecule has 0 aliphatic heterocycles. The summed E-state index contributed by atoms with van der Waals surface area (Å²) < 4.78 is 6.08. The lowest BCUT2D eigenvalue weighted by molar-refractivity contribution is 0.102. The van der Waals surface area contributed by atoms with Gasteiger partial charge in [0.05, 0.1) is 5.02 Å². The quantitative estimate of drug-likeness (QED) is 0.709. The first kappa shape index (κ1) is 14.1. The molecular weight excluding hydrogens is 356 g/mol. The highest BCUT2D eigenvalue weighted by Crippen LogP contribution is 2.24. The Morgan fingerprint density at radius 1 is 1.29 bits per heavy atom. The number of aromatic nitrogens is 1. The predicted molar refractivity (Wildman–Crippen MR) is 85.9 cm³/mol. The summed E-state index contributed by atoms with van der Waals surface area (Å²) in [7, 11) is 0. The Balaban J connectivity index is 1.86. The van der Waals surface area contributed by atoms with Gasteiger partial charge in [-0.2, -0.15) is 0 Å². The molecule has 0 aliphatic carbocycles. The van der Waals surface area contributed by atoms with Crippen molar-refractivity contribution in [2.45, 2.75) is 6.92 Å². The zero-order chi connectivity index (χ0) is 15.0. The van der Waals surface area contributed by atoms with Crippen LogP contribution < -0.4 is 5.32 Å². The Bertz CT molecular complexity index is 845. The summed E-state index contributed by atoms with van der Waals surface area (Å²) in [5.41, 5.74) is 2.58. The summed E-state index contributed by atoms with van der Waals surface area (Å²) in [5.74, 6) is 0.377. The van der Waals surface area contributed by atoms with E-state index in [2.05, 4.69) is 26.2 Å². The second kappa shape index (κ2) is 5.50. The summed E-state index contributed by atoms with van der Waals surface area (Å²) in [5, 5.41) is 3.38. The van der Waals surface area contributed by atoms with E-state index >= 15 is 0 Å². The second-order valence-corrected chi connectivity index (χ2v) is 5.76. The van der Waals surface area contributed by atoms with E-state index in [0.717, 1.165) is 0 Å². The van der Waals surface area contributed by atoms with Gasteiger partial charge in [0.1, 0.15) is 5.52 Å². The molecule has 0 atom stereocenters. The molecule has 21 heavy (non-hydrogen) atoms. The fourth-order valence-electron chi connectivity index (χ4n) is 1.96. The normalized spacial score (nSPS) is 10.8. The van der Waals surface area contributed by atoms with Gasteiger partial charge in [-0.25, -0.2) is 4.98 Å². The van der Waals surface area contributed by atoms with Crippen LogP contribution in [0.3, 0.4) is 0 Å². The van der Waals surface area contributed by atoms with E-state index in [-0.39, 0.29) is 5.91 Å². The number of carbonyl (C=O) groups excluding carboxylic acids is 1. The third-order valence-corrected chi connectivity index (χ3v) is 4.15. The Labute approximate surface area is 134 Å². The minimum Gasteiger partial charge on any atom is -0.441 e. The van der Waals surface area contributed by atoms with Crippen LogP contribution in [0.4, 0.5) is 5.69 Å². The molecular formula is C15H10BrClN2O2. The molecule has 4 nitrogen and oxygen atoms in total. The Kier molecular flexibility index (Phi) is 3.69. The zero-order valence-corrected chi connectivity index (χ0v) is 13.3. The van der Waals surface area contributed by atoms with E-state index in [1.807, 2.05) is 0 Å². The average Bonchev–Trinajstić information content (AvgIpc) is 2.81. The van der Waals surface area contributed by atoms with Crippen molar-refractivity contribution in [2.75, 3.05) is 5.32 Å². The van der Waals surface area contributed by atoms with Gasteiger partial charge in [0.25, 0.3) is 5.91 Å². The van der Waals surface area contributed by atoms with Gasteiger partial charge in [-0.05, 0) is 52.3 Å². The fraction of sp³-hybridized carbons (Fsp3) is 0.0667. The number of nitrogens with one attached hydrogen (secondary N) is 1. The Morgan fingerprint density at radius 2 is 2.10 bits per heavy atom. The molecule has 6 heteroatoms. The number of anilines is 1. The van der Waals surface area contributed by atoms with E-state index in [1.54, 1.807) is 43.3 Å². The van der Waals surface area contributed by atoms with E-state index in [4.69, 9.17) is 16.0 Å². The second-order valence-electron chi connectivity index (χ2n) is 4.50. The maximum atomic E-state index is 12.2. The van der Waals surface area contributed by atoms with Crippen LogP contribution in [-0.2, 0) is 0 Å². The first-order valence-electron chi connectivity index (χ1n) is 6.16. The molecule has 106 valence electrons. The van der Waals surface area contributed by atoms with Crippen molar-refractivity contribution in [1.82, 2.24) is 4.98 Å². The number of benzene rings is 2. The number of rotatable bonds is 2. The van der Waals surface area contributed by atoms with Gasteiger partial charge in [-0.15, -0.1) is 0 Å².